The van der Waals surface area contributed by atoms with Gasteiger partial charge in [0.1, 0.15) is 5.69 Å². The van der Waals surface area contributed by atoms with Crippen LogP contribution in [0.4, 0.5) is 17.1 Å². The van der Waals surface area contributed by atoms with Crippen molar-refractivity contribution in [3.8, 4) is 0 Å². The Hall–Kier alpha value is -2.36. The van der Waals surface area contributed by atoms with Crippen LogP contribution in [0, 0.1) is 11.8 Å². The summed E-state index contributed by atoms with van der Waals surface area (Å²) in [4.78, 5) is 10.2. The average Bonchev–Trinajstić information content (AvgIpc) is 2.39. The lowest BCUT2D eigenvalue weighted by Crippen LogP contribution is -1.68. The summed E-state index contributed by atoms with van der Waals surface area (Å²) < 4.78 is 0. The number of azo groups is 1. The van der Waals surface area contributed by atoms with E-state index in [1.807, 2.05) is 31.2 Å². The number of benzene rings is 2. The Balaban J connectivity index is 2.14. The second-order valence-corrected chi connectivity index (χ2v) is 3.64. The highest BCUT2D eigenvalue weighted by atomic mass is 16.3. The molecule has 0 saturated heterocycles. The SMILES string of the molecule is Cc1ccc(N=Nc2ccc(N=O)cc2)cc1. The Morgan fingerprint density at radius 1 is 0.706 bits per heavy atom. The molecule has 0 radical (unpaired) electrons. The van der Waals surface area contributed by atoms with Gasteiger partial charge in [0.15, 0.2) is 0 Å². The predicted molar refractivity (Wildman–Crippen MR) is 67.3 cm³/mol. The molecule has 2 aromatic carbocycles. The number of aryl methyl sites for hydroxylation is 1. The molecule has 2 rings (SSSR count). The zero-order valence-corrected chi connectivity index (χ0v) is 9.37. The first-order chi connectivity index (χ1) is 8.28. The lowest BCUT2D eigenvalue weighted by Gasteiger charge is -1.94. The van der Waals surface area contributed by atoms with E-state index in [9.17, 15) is 4.91 Å². The van der Waals surface area contributed by atoms with E-state index in [0.717, 1.165) is 5.69 Å². The molecule has 4 nitrogen and oxygen atoms in total. The number of nitroso groups, excluding NO2 is 1. The molecule has 2 aromatic rings. The van der Waals surface area contributed by atoms with E-state index < -0.39 is 0 Å². The zero-order chi connectivity index (χ0) is 12.1. The van der Waals surface area contributed by atoms with Gasteiger partial charge in [0, 0.05) is 0 Å². The van der Waals surface area contributed by atoms with Gasteiger partial charge in [-0.3, -0.25) is 0 Å². The zero-order valence-electron chi connectivity index (χ0n) is 9.37. The number of rotatable bonds is 3. The predicted octanol–water partition coefficient (Wildman–Crippen LogP) is 4.81. The quantitative estimate of drug-likeness (QED) is 0.546. The fourth-order valence-corrected chi connectivity index (χ4v) is 1.31. The molecule has 0 amide bonds. The molecule has 0 aromatic heterocycles. The minimum absolute atomic E-state index is 0.388. The standard InChI is InChI=1S/C13H11N3O/c1-10-2-4-11(5-3-10)14-15-12-6-8-13(16-17)9-7-12/h2-9H,1H3. The Labute approximate surface area is 99.0 Å². The van der Waals surface area contributed by atoms with E-state index in [1.165, 1.54) is 5.56 Å². The van der Waals surface area contributed by atoms with Crippen LogP contribution in [0.1, 0.15) is 5.56 Å². The molecule has 84 valence electrons. The van der Waals surface area contributed by atoms with Crippen LogP contribution in [0.25, 0.3) is 0 Å². The summed E-state index contributed by atoms with van der Waals surface area (Å²) in [6.07, 6.45) is 0. The highest BCUT2D eigenvalue weighted by Gasteiger charge is 1.93. The number of hydrogen-bond acceptors (Lipinski definition) is 4. The largest absolute Gasteiger partial charge is 0.151 e. The van der Waals surface area contributed by atoms with Crippen LogP contribution in [0.3, 0.4) is 0 Å². The molecular formula is C13H11N3O. The molecule has 0 aliphatic rings. The first kappa shape index (κ1) is 11.1. The van der Waals surface area contributed by atoms with E-state index >= 15 is 0 Å². The van der Waals surface area contributed by atoms with Gasteiger partial charge in [-0.1, -0.05) is 17.7 Å². The van der Waals surface area contributed by atoms with Gasteiger partial charge in [0.25, 0.3) is 0 Å². The van der Waals surface area contributed by atoms with Gasteiger partial charge in [0.2, 0.25) is 0 Å². The second-order valence-electron chi connectivity index (χ2n) is 3.64. The Kier molecular flexibility index (Phi) is 3.35. The van der Waals surface area contributed by atoms with Gasteiger partial charge in [-0.05, 0) is 48.5 Å². The summed E-state index contributed by atoms with van der Waals surface area (Å²) in [7, 11) is 0. The van der Waals surface area contributed by atoms with E-state index in [4.69, 9.17) is 0 Å². The van der Waals surface area contributed by atoms with Gasteiger partial charge < -0.3 is 0 Å². The Morgan fingerprint density at radius 3 is 1.59 bits per heavy atom. The Morgan fingerprint density at radius 2 is 1.12 bits per heavy atom. The monoisotopic (exact) mass is 225 g/mol. The van der Waals surface area contributed by atoms with Gasteiger partial charge in [-0.2, -0.15) is 10.2 Å². The number of nitrogens with zero attached hydrogens (tertiary/aromatic N) is 3. The minimum atomic E-state index is 0.388. The van der Waals surface area contributed by atoms with E-state index in [-0.39, 0.29) is 0 Å². The summed E-state index contributed by atoms with van der Waals surface area (Å²) >= 11 is 0. The molecule has 4 heteroatoms. The molecule has 0 N–H and O–H groups in total. The molecule has 0 spiro atoms. The molecule has 0 aliphatic carbocycles. The van der Waals surface area contributed by atoms with Crippen molar-refractivity contribution in [2.24, 2.45) is 15.4 Å². The molecule has 17 heavy (non-hydrogen) atoms. The summed E-state index contributed by atoms with van der Waals surface area (Å²) in [5, 5.41) is 11.0. The van der Waals surface area contributed by atoms with Crippen molar-refractivity contribution in [3.05, 3.63) is 59.0 Å². The number of hydrogen-bond donors (Lipinski definition) is 0. The maximum absolute atomic E-state index is 10.2. The van der Waals surface area contributed by atoms with Crippen molar-refractivity contribution in [1.82, 2.24) is 0 Å². The summed E-state index contributed by atoms with van der Waals surface area (Å²) in [5.74, 6) is 0. The van der Waals surface area contributed by atoms with Gasteiger partial charge >= 0.3 is 0 Å². The summed E-state index contributed by atoms with van der Waals surface area (Å²) in [5.41, 5.74) is 3.07. The third kappa shape index (κ3) is 3.04. The van der Waals surface area contributed by atoms with Crippen LogP contribution in [0.15, 0.2) is 63.9 Å². The molecular weight excluding hydrogens is 214 g/mol. The van der Waals surface area contributed by atoms with Crippen molar-refractivity contribution in [2.75, 3.05) is 0 Å². The van der Waals surface area contributed by atoms with Crippen molar-refractivity contribution >= 4 is 17.1 Å². The van der Waals surface area contributed by atoms with E-state index in [1.54, 1.807) is 24.3 Å². The van der Waals surface area contributed by atoms with Gasteiger partial charge in [-0.25, -0.2) is 0 Å². The topological polar surface area (TPSA) is 54.1 Å². The Bertz CT molecular complexity index is 530. The average molecular weight is 225 g/mol. The molecule has 0 fully saturated rings. The first-order valence-electron chi connectivity index (χ1n) is 5.20. The maximum atomic E-state index is 10.2. The van der Waals surface area contributed by atoms with Crippen molar-refractivity contribution in [2.45, 2.75) is 6.92 Å². The normalized spacial score (nSPS) is 10.6. The lowest BCUT2D eigenvalue weighted by molar-refractivity contribution is 1.23. The summed E-state index contributed by atoms with van der Waals surface area (Å²) in [6, 6.07) is 14.4. The van der Waals surface area contributed by atoms with E-state index in [2.05, 4.69) is 15.4 Å². The third-order valence-corrected chi connectivity index (χ3v) is 2.27. The maximum Gasteiger partial charge on any atom is 0.108 e. The molecule has 0 heterocycles. The second kappa shape index (κ2) is 5.12. The minimum Gasteiger partial charge on any atom is -0.151 e. The fraction of sp³-hybridized carbons (Fsp3) is 0.0769. The molecule has 0 unspecified atom stereocenters. The highest BCUT2D eigenvalue weighted by Crippen LogP contribution is 2.21. The smallest absolute Gasteiger partial charge is 0.108 e. The fourth-order valence-electron chi connectivity index (χ4n) is 1.31. The molecule has 0 bridgehead atoms. The van der Waals surface area contributed by atoms with Crippen molar-refractivity contribution in [1.29, 1.82) is 0 Å². The van der Waals surface area contributed by atoms with Crippen molar-refractivity contribution in [3.63, 3.8) is 0 Å². The molecule has 0 aliphatic heterocycles. The first-order valence-corrected chi connectivity index (χ1v) is 5.20. The van der Waals surface area contributed by atoms with Crippen LogP contribution in [-0.4, -0.2) is 0 Å². The van der Waals surface area contributed by atoms with Crippen molar-refractivity contribution < 1.29 is 0 Å². The van der Waals surface area contributed by atoms with Crippen LogP contribution < -0.4 is 0 Å². The van der Waals surface area contributed by atoms with Gasteiger partial charge in [-0.15, -0.1) is 4.91 Å². The molecule has 0 atom stereocenters. The van der Waals surface area contributed by atoms with Crippen LogP contribution in [-0.2, 0) is 0 Å². The van der Waals surface area contributed by atoms with Crippen LogP contribution in [0.2, 0.25) is 0 Å². The highest BCUT2D eigenvalue weighted by molar-refractivity contribution is 5.47. The van der Waals surface area contributed by atoms with E-state index in [0.29, 0.717) is 11.4 Å². The molecule has 0 saturated carbocycles. The van der Waals surface area contributed by atoms with Crippen LogP contribution >= 0.6 is 0 Å². The van der Waals surface area contributed by atoms with Gasteiger partial charge in [0.05, 0.1) is 11.4 Å². The summed E-state index contributed by atoms with van der Waals surface area (Å²) in [6.45, 7) is 2.02. The third-order valence-electron chi connectivity index (χ3n) is 2.27. The van der Waals surface area contributed by atoms with Crippen LogP contribution in [0.5, 0.6) is 0 Å². The lowest BCUT2D eigenvalue weighted by atomic mass is 10.2.